The number of thiazole rings is 1. The van der Waals surface area contributed by atoms with Gasteiger partial charge in [-0.1, -0.05) is 53.3 Å². The summed E-state index contributed by atoms with van der Waals surface area (Å²) in [6.07, 6.45) is 1.57. The van der Waals surface area contributed by atoms with E-state index in [-0.39, 0.29) is 41.4 Å². The summed E-state index contributed by atoms with van der Waals surface area (Å²) >= 11 is 7.96. The maximum absolute atomic E-state index is 14.2. The molecule has 0 aliphatic carbocycles. The van der Waals surface area contributed by atoms with Gasteiger partial charge >= 0.3 is 11.9 Å². The summed E-state index contributed by atoms with van der Waals surface area (Å²) in [5.41, 5.74) is 2.90. The minimum Gasteiger partial charge on any atom is -0.491 e. The zero-order chi connectivity index (χ0) is 35.9. The molecule has 0 amide bonds. The van der Waals surface area contributed by atoms with E-state index in [1.807, 2.05) is 45.0 Å². The Kier molecular flexibility index (Phi) is 11.8. The van der Waals surface area contributed by atoms with Crippen molar-refractivity contribution in [2.24, 2.45) is 4.99 Å². The first-order valence-electron chi connectivity index (χ1n) is 16.4. The number of carbonyl (C=O) groups is 2. The molecule has 0 bridgehead atoms. The number of esters is 2. The van der Waals surface area contributed by atoms with Gasteiger partial charge in [-0.2, -0.15) is 0 Å². The average Bonchev–Trinajstić information content (AvgIpc) is 3.38. The van der Waals surface area contributed by atoms with Crippen molar-refractivity contribution in [3.8, 4) is 17.2 Å². The van der Waals surface area contributed by atoms with Crippen LogP contribution in [0, 0.1) is 0 Å². The SMILES string of the molecule is CCOC(=O)C1=C(C)N=c2s/c(=C\c3cc(Cl)c(OCc4ccc(C(=O)OCC)cc4)c(OCC)c3)c(=O)n2[C@H]1c1ccccc1OC(C)C. The van der Waals surface area contributed by atoms with Crippen molar-refractivity contribution in [1.82, 2.24) is 4.57 Å². The number of benzene rings is 3. The third-order valence-electron chi connectivity index (χ3n) is 7.57. The molecule has 5 rings (SSSR count). The van der Waals surface area contributed by atoms with E-state index in [2.05, 4.69) is 4.99 Å². The highest BCUT2D eigenvalue weighted by Gasteiger charge is 2.35. The van der Waals surface area contributed by atoms with E-state index in [9.17, 15) is 14.4 Å². The van der Waals surface area contributed by atoms with Crippen LogP contribution in [0.3, 0.4) is 0 Å². The summed E-state index contributed by atoms with van der Waals surface area (Å²) in [5, 5.41) is 0.288. The molecule has 0 N–H and O–H groups in total. The van der Waals surface area contributed by atoms with Gasteiger partial charge in [-0.05, 0) is 89.1 Å². The number of carbonyl (C=O) groups excluding carboxylic acids is 2. The molecule has 0 unspecified atom stereocenters. The Hall–Kier alpha value is -4.87. The van der Waals surface area contributed by atoms with Gasteiger partial charge in [0, 0.05) is 5.56 Å². The predicted molar refractivity (Wildman–Crippen MR) is 192 cm³/mol. The molecule has 4 aromatic rings. The monoisotopic (exact) mass is 718 g/mol. The summed E-state index contributed by atoms with van der Waals surface area (Å²) in [6.45, 7) is 11.9. The molecule has 0 saturated carbocycles. The summed E-state index contributed by atoms with van der Waals surface area (Å²) in [6, 6.07) is 16.9. The van der Waals surface area contributed by atoms with E-state index < -0.39 is 12.0 Å². The van der Waals surface area contributed by atoms with Crippen LogP contribution in [0.5, 0.6) is 17.2 Å². The largest absolute Gasteiger partial charge is 0.491 e. The van der Waals surface area contributed by atoms with Gasteiger partial charge in [0.05, 0.1) is 52.3 Å². The summed E-state index contributed by atoms with van der Waals surface area (Å²) < 4.78 is 30.5. The molecule has 0 radical (unpaired) electrons. The molecular weight excluding hydrogens is 680 g/mol. The summed E-state index contributed by atoms with van der Waals surface area (Å²) in [4.78, 5) is 44.7. The standard InChI is InChI=1S/C38H39ClN2O8S/c1-7-45-30-19-25(18-28(39)34(30)48-21-24-14-16-26(17-15-24)36(43)46-8-2)20-31-35(42)41-33(27-12-10-11-13-29(27)49-22(4)5)32(37(44)47-9-3)23(6)40-38(41)50-31/h10-20,22,33H,7-9,21H2,1-6H3/b31-20-/t33-/m0/s1. The van der Waals surface area contributed by atoms with Crippen LogP contribution in [0.2, 0.25) is 5.02 Å². The Morgan fingerprint density at radius 1 is 0.940 bits per heavy atom. The number of para-hydroxylation sites is 1. The number of aromatic nitrogens is 1. The predicted octanol–water partition coefficient (Wildman–Crippen LogP) is 6.39. The van der Waals surface area contributed by atoms with Crippen LogP contribution in [0.1, 0.15) is 74.6 Å². The minimum atomic E-state index is -0.827. The van der Waals surface area contributed by atoms with Crippen molar-refractivity contribution < 1.29 is 33.3 Å². The van der Waals surface area contributed by atoms with Gasteiger partial charge < -0.3 is 23.7 Å². The molecule has 0 spiro atoms. The van der Waals surface area contributed by atoms with E-state index >= 15 is 0 Å². The third kappa shape index (κ3) is 7.95. The smallest absolute Gasteiger partial charge is 0.338 e. The van der Waals surface area contributed by atoms with Gasteiger partial charge in [0.1, 0.15) is 18.4 Å². The Labute approximate surface area is 299 Å². The number of halogens is 1. The van der Waals surface area contributed by atoms with Crippen molar-refractivity contribution >= 4 is 41.0 Å². The number of ether oxygens (including phenoxy) is 5. The van der Waals surface area contributed by atoms with Gasteiger partial charge in [0.15, 0.2) is 16.3 Å². The first kappa shape index (κ1) is 36.4. The number of hydrogen-bond donors (Lipinski definition) is 0. The first-order valence-corrected chi connectivity index (χ1v) is 17.6. The molecule has 1 aliphatic rings. The lowest BCUT2D eigenvalue weighted by Crippen LogP contribution is -2.40. The second kappa shape index (κ2) is 16.2. The second-order valence-electron chi connectivity index (χ2n) is 11.5. The second-order valence-corrected chi connectivity index (χ2v) is 12.9. The number of hydrogen-bond acceptors (Lipinski definition) is 10. The number of allylic oxidation sites excluding steroid dienone is 1. The number of rotatable bonds is 13. The topological polar surface area (TPSA) is 115 Å². The molecule has 1 aliphatic heterocycles. The fraction of sp³-hybridized carbons (Fsp3) is 0.316. The Morgan fingerprint density at radius 3 is 2.32 bits per heavy atom. The molecule has 3 aromatic carbocycles. The maximum Gasteiger partial charge on any atom is 0.338 e. The van der Waals surface area contributed by atoms with Crippen LogP contribution < -0.4 is 29.1 Å². The van der Waals surface area contributed by atoms with Crippen molar-refractivity contribution in [2.75, 3.05) is 19.8 Å². The van der Waals surface area contributed by atoms with E-state index in [0.717, 1.165) is 5.56 Å². The Balaban J connectivity index is 1.54. The highest BCUT2D eigenvalue weighted by Crippen LogP contribution is 2.38. The van der Waals surface area contributed by atoms with Crippen LogP contribution in [0.4, 0.5) is 0 Å². The first-order chi connectivity index (χ1) is 24.1. The van der Waals surface area contributed by atoms with Gasteiger partial charge in [-0.3, -0.25) is 9.36 Å². The normalized spacial score (nSPS) is 14.2. The number of nitrogens with zero attached hydrogens (tertiary/aromatic N) is 2. The van der Waals surface area contributed by atoms with E-state index in [1.54, 1.807) is 63.2 Å². The molecule has 0 saturated heterocycles. The lowest BCUT2D eigenvalue weighted by atomic mass is 9.95. The van der Waals surface area contributed by atoms with Crippen LogP contribution in [-0.4, -0.2) is 42.4 Å². The van der Waals surface area contributed by atoms with Crippen molar-refractivity contribution in [3.05, 3.63) is 119 Å². The highest BCUT2D eigenvalue weighted by molar-refractivity contribution is 7.07. The molecule has 2 heterocycles. The summed E-state index contributed by atoms with van der Waals surface area (Å²) in [5.74, 6) is 0.362. The van der Waals surface area contributed by atoms with Crippen molar-refractivity contribution in [1.29, 1.82) is 0 Å². The molecule has 0 fully saturated rings. The molecule has 1 aromatic heterocycles. The van der Waals surface area contributed by atoms with E-state index in [1.165, 1.54) is 15.9 Å². The Bertz CT molecular complexity index is 2100. The lowest BCUT2D eigenvalue weighted by Gasteiger charge is -2.26. The van der Waals surface area contributed by atoms with Crippen molar-refractivity contribution in [3.63, 3.8) is 0 Å². The highest BCUT2D eigenvalue weighted by atomic mass is 35.5. The number of fused-ring (bicyclic) bond motifs is 1. The van der Waals surface area contributed by atoms with Gasteiger partial charge in [0.2, 0.25) is 0 Å². The fourth-order valence-corrected chi connectivity index (χ4v) is 6.81. The quantitative estimate of drug-likeness (QED) is 0.146. The van der Waals surface area contributed by atoms with Gasteiger partial charge in [0.25, 0.3) is 5.56 Å². The maximum atomic E-state index is 14.2. The van der Waals surface area contributed by atoms with Crippen molar-refractivity contribution in [2.45, 2.75) is 60.3 Å². The zero-order valence-corrected chi connectivity index (χ0v) is 30.4. The molecule has 1 atom stereocenters. The van der Waals surface area contributed by atoms with Gasteiger partial charge in [-0.15, -0.1) is 0 Å². The van der Waals surface area contributed by atoms with Crippen LogP contribution in [-0.2, 0) is 20.9 Å². The molecule has 12 heteroatoms. The Morgan fingerprint density at radius 2 is 1.64 bits per heavy atom. The van der Waals surface area contributed by atoms with E-state index in [0.29, 0.717) is 62.2 Å². The lowest BCUT2D eigenvalue weighted by molar-refractivity contribution is -0.139. The zero-order valence-electron chi connectivity index (χ0n) is 28.8. The van der Waals surface area contributed by atoms with Crippen LogP contribution >= 0.6 is 22.9 Å². The molecule has 10 nitrogen and oxygen atoms in total. The molecular formula is C38H39ClN2O8S. The fourth-order valence-electron chi connectivity index (χ4n) is 5.49. The third-order valence-corrected chi connectivity index (χ3v) is 8.83. The molecule has 50 heavy (non-hydrogen) atoms. The van der Waals surface area contributed by atoms with E-state index in [4.69, 9.17) is 35.3 Å². The van der Waals surface area contributed by atoms with Gasteiger partial charge in [-0.25, -0.2) is 14.6 Å². The van der Waals surface area contributed by atoms with Crippen LogP contribution in [0.25, 0.3) is 6.08 Å². The van der Waals surface area contributed by atoms with Crippen LogP contribution in [0.15, 0.2) is 81.7 Å². The molecule has 262 valence electrons. The average molecular weight is 719 g/mol. The minimum absolute atomic E-state index is 0.142. The summed E-state index contributed by atoms with van der Waals surface area (Å²) in [7, 11) is 0.